The molecule has 1 aromatic heterocycles. The van der Waals surface area contributed by atoms with Gasteiger partial charge in [0.25, 0.3) is 0 Å². The Kier molecular flexibility index (Phi) is 0.974. The lowest BCUT2D eigenvalue weighted by molar-refractivity contribution is 1.01. The molecule has 1 heterocycles. The predicted molar refractivity (Wildman–Crippen MR) is 38.3 cm³/mol. The summed E-state index contributed by atoms with van der Waals surface area (Å²) in [5.41, 5.74) is 2.53. The van der Waals surface area contributed by atoms with Crippen molar-refractivity contribution in [3.05, 3.63) is 29.6 Å². The molecule has 0 bridgehead atoms. The van der Waals surface area contributed by atoms with Crippen LogP contribution in [0.4, 0.5) is 0 Å². The maximum atomic E-state index is 7.44. The molecular formula is C7H7N3. The molecule has 0 radical (unpaired) electrons. The summed E-state index contributed by atoms with van der Waals surface area (Å²) in [6, 6.07) is 0. The molecule has 0 spiro atoms. The second kappa shape index (κ2) is 1.80. The van der Waals surface area contributed by atoms with Crippen molar-refractivity contribution in [2.45, 2.75) is 6.42 Å². The van der Waals surface area contributed by atoms with Gasteiger partial charge in [-0.1, -0.05) is 6.08 Å². The van der Waals surface area contributed by atoms with Crippen LogP contribution in [0.1, 0.15) is 11.3 Å². The highest BCUT2D eigenvalue weighted by atomic mass is 15.1. The largest absolute Gasteiger partial charge is 0.300 e. The fourth-order valence-electron chi connectivity index (χ4n) is 1.08. The normalized spacial score (nSPS) is 15.4. The highest BCUT2D eigenvalue weighted by molar-refractivity contribution is 6.08. The van der Waals surface area contributed by atoms with Crippen LogP contribution in [0.25, 0.3) is 0 Å². The van der Waals surface area contributed by atoms with Gasteiger partial charge in [0.05, 0.1) is 11.9 Å². The Hall–Kier alpha value is -1.38. The topological polar surface area (TPSA) is 52.5 Å². The Morgan fingerprint density at radius 2 is 2.50 bits per heavy atom. The number of allylic oxidation sites excluding steroid dienone is 2. The zero-order valence-electron chi connectivity index (χ0n) is 5.39. The molecule has 3 heteroatoms. The van der Waals surface area contributed by atoms with Crippen molar-refractivity contribution in [1.82, 2.24) is 10.2 Å². The van der Waals surface area contributed by atoms with Crippen LogP contribution < -0.4 is 0 Å². The Bertz CT molecular complexity index is 296. The van der Waals surface area contributed by atoms with E-state index in [1.54, 1.807) is 12.3 Å². The molecular weight excluding hydrogens is 126 g/mol. The summed E-state index contributed by atoms with van der Waals surface area (Å²) < 4.78 is 0. The number of fused-ring (bicyclic) bond motifs is 1. The minimum Gasteiger partial charge on any atom is -0.300 e. The molecule has 3 nitrogen and oxygen atoms in total. The molecule has 0 fully saturated rings. The summed E-state index contributed by atoms with van der Waals surface area (Å²) in [4.78, 5) is 0. The van der Waals surface area contributed by atoms with Crippen molar-refractivity contribution in [2.24, 2.45) is 0 Å². The van der Waals surface area contributed by atoms with Gasteiger partial charge in [0.1, 0.15) is 0 Å². The monoisotopic (exact) mass is 133 g/mol. The second-order valence-electron chi connectivity index (χ2n) is 2.28. The first-order chi connectivity index (χ1) is 4.88. The molecule has 1 aromatic rings. The van der Waals surface area contributed by atoms with Crippen LogP contribution in [0.3, 0.4) is 0 Å². The highest BCUT2D eigenvalue weighted by Gasteiger charge is 2.09. The third-order valence-electron chi connectivity index (χ3n) is 1.61. The molecule has 0 aliphatic heterocycles. The number of rotatable bonds is 0. The first-order valence-corrected chi connectivity index (χ1v) is 3.15. The van der Waals surface area contributed by atoms with E-state index in [1.807, 2.05) is 6.08 Å². The summed E-state index contributed by atoms with van der Waals surface area (Å²) in [6.45, 7) is 0. The van der Waals surface area contributed by atoms with E-state index >= 15 is 0 Å². The van der Waals surface area contributed by atoms with Gasteiger partial charge >= 0.3 is 0 Å². The van der Waals surface area contributed by atoms with E-state index in [0.717, 1.165) is 17.7 Å². The van der Waals surface area contributed by atoms with Crippen LogP contribution in [-0.2, 0) is 6.42 Å². The van der Waals surface area contributed by atoms with Crippen molar-refractivity contribution in [1.29, 1.82) is 5.41 Å². The summed E-state index contributed by atoms with van der Waals surface area (Å²) >= 11 is 0. The molecule has 0 unspecified atom stereocenters. The standard InChI is InChI=1S/C7H7N3/c8-6-2-1-3-7-5(6)4-9-10-7/h1-2,4,8H,3H2,(H,9,10). The summed E-state index contributed by atoms with van der Waals surface area (Å²) in [7, 11) is 0. The van der Waals surface area contributed by atoms with Gasteiger partial charge in [-0.2, -0.15) is 5.10 Å². The van der Waals surface area contributed by atoms with Gasteiger partial charge in [-0.25, -0.2) is 0 Å². The third-order valence-corrected chi connectivity index (χ3v) is 1.61. The molecule has 0 amide bonds. The Morgan fingerprint density at radius 3 is 3.30 bits per heavy atom. The first-order valence-electron chi connectivity index (χ1n) is 3.15. The van der Waals surface area contributed by atoms with Crippen molar-refractivity contribution in [3.8, 4) is 0 Å². The highest BCUT2D eigenvalue weighted by Crippen LogP contribution is 2.11. The Labute approximate surface area is 58.3 Å². The number of hydrogen-bond acceptors (Lipinski definition) is 2. The summed E-state index contributed by atoms with van der Waals surface area (Å²) in [6.07, 6.45) is 6.33. The lowest BCUT2D eigenvalue weighted by Crippen LogP contribution is -2.02. The molecule has 2 rings (SSSR count). The average molecular weight is 133 g/mol. The van der Waals surface area contributed by atoms with E-state index in [-0.39, 0.29) is 0 Å². The van der Waals surface area contributed by atoms with Crippen LogP contribution >= 0.6 is 0 Å². The molecule has 10 heavy (non-hydrogen) atoms. The van der Waals surface area contributed by atoms with E-state index in [9.17, 15) is 0 Å². The molecule has 50 valence electrons. The Morgan fingerprint density at radius 1 is 1.60 bits per heavy atom. The lowest BCUT2D eigenvalue weighted by Gasteiger charge is -2.02. The van der Waals surface area contributed by atoms with Gasteiger partial charge in [0.2, 0.25) is 0 Å². The minimum absolute atomic E-state index is 0.551. The number of aromatic nitrogens is 2. The van der Waals surface area contributed by atoms with E-state index < -0.39 is 0 Å². The SMILES string of the molecule is N=C1C=CCc2[nH]ncc21. The third kappa shape index (κ3) is 0.603. The second-order valence-corrected chi connectivity index (χ2v) is 2.28. The zero-order chi connectivity index (χ0) is 6.97. The van der Waals surface area contributed by atoms with Crippen molar-refractivity contribution < 1.29 is 0 Å². The average Bonchev–Trinajstić information content (AvgIpc) is 2.36. The molecule has 0 aromatic carbocycles. The van der Waals surface area contributed by atoms with E-state index in [0.29, 0.717) is 5.71 Å². The predicted octanol–water partition coefficient (Wildman–Crippen LogP) is 0.890. The molecule has 1 aliphatic rings. The Balaban J connectivity index is 2.58. The van der Waals surface area contributed by atoms with E-state index in [2.05, 4.69) is 10.2 Å². The van der Waals surface area contributed by atoms with Gasteiger partial charge in [-0.15, -0.1) is 0 Å². The molecule has 0 saturated carbocycles. The minimum atomic E-state index is 0.551. The summed E-state index contributed by atoms with van der Waals surface area (Å²) in [5, 5.41) is 14.1. The quantitative estimate of drug-likeness (QED) is 0.542. The molecule has 0 atom stereocenters. The molecule has 0 saturated heterocycles. The smallest absolute Gasteiger partial charge is 0.0643 e. The molecule has 1 aliphatic carbocycles. The zero-order valence-corrected chi connectivity index (χ0v) is 5.39. The van der Waals surface area contributed by atoms with Gasteiger partial charge < -0.3 is 5.41 Å². The lowest BCUT2D eigenvalue weighted by atomic mass is 10.0. The van der Waals surface area contributed by atoms with Crippen LogP contribution in [0, 0.1) is 5.41 Å². The van der Waals surface area contributed by atoms with E-state index in [1.165, 1.54) is 0 Å². The first kappa shape index (κ1) is 5.41. The van der Waals surface area contributed by atoms with Crippen LogP contribution in [0.2, 0.25) is 0 Å². The van der Waals surface area contributed by atoms with Crippen molar-refractivity contribution in [3.63, 3.8) is 0 Å². The number of nitrogens with one attached hydrogen (secondary N) is 2. The van der Waals surface area contributed by atoms with Gasteiger partial charge in [-0.3, -0.25) is 5.10 Å². The number of hydrogen-bond donors (Lipinski definition) is 2. The van der Waals surface area contributed by atoms with Gasteiger partial charge in [0.15, 0.2) is 0 Å². The number of H-pyrrole nitrogens is 1. The van der Waals surface area contributed by atoms with Crippen LogP contribution in [0.15, 0.2) is 18.3 Å². The van der Waals surface area contributed by atoms with Crippen LogP contribution in [-0.4, -0.2) is 15.9 Å². The maximum Gasteiger partial charge on any atom is 0.0643 e. The van der Waals surface area contributed by atoms with Crippen molar-refractivity contribution >= 4 is 5.71 Å². The maximum absolute atomic E-state index is 7.44. The van der Waals surface area contributed by atoms with E-state index in [4.69, 9.17) is 5.41 Å². The number of nitrogens with zero attached hydrogens (tertiary/aromatic N) is 1. The van der Waals surface area contributed by atoms with Gasteiger partial charge in [0, 0.05) is 17.7 Å². The van der Waals surface area contributed by atoms with Crippen molar-refractivity contribution in [2.75, 3.05) is 0 Å². The summed E-state index contributed by atoms with van der Waals surface area (Å²) in [5.74, 6) is 0. The fourth-order valence-corrected chi connectivity index (χ4v) is 1.08. The van der Waals surface area contributed by atoms with Gasteiger partial charge in [-0.05, 0) is 6.08 Å². The molecule has 2 N–H and O–H groups in total. The fraction of sp³-hybridized carbons (Fsp3) is 0.143. The number of aromatic amines is 1. The van der Waals surface area contributed by atoms with Crippen LogP contribution in [0.5, 0.6) is 0 Å².